The first kappa shape index (κ1) is 25.1. The Morgan fingerprint density at radius 1 is 0.914 bits per heavy atom. The van der Waals surface area contributed by atoms with Crippen molar-refractivity contribution in [3.05, 3.63) is 83.2 Å². The molecule has 1 aliphatic carbocycles. The number of ether oxygens (including phenoxy) is 1. The smallest absolute Gasteiger partial charge is 0.200 e. The number of benzene rings is 3. The van der Waals surface area contributed by atoms with Gasteiger partial charge in [-0.2, -0.15) is 4.39 Å². The lowest BCUT2D eigenvalue weighted by atomic mass is 9.76. The van der Waals surface area contributed by atoms with Gasteiger partial charge in [-0.1, -0.05) is 43.7 Å². The topological polar surface area (TPSA) is 49.7 Å². The van der Waals surface area contributed by atoms with Crippen LogP contribution in [-0.2, 0) is 6.61 Å². The molecule has 0 aliphatic heterocycles. The van der Waals surface area contributed by atoms with Gasteiger partial charge in [0, 0.05) is 11.6 Å². The SMILES string of the molecule is CCCC(O)C1CCC(c2ccc(OCc3ccc(-c4ccc(O)cc4F)cc3)c(F)c2F)CC1. The maximum Gasteiger partial charge on any atom is 0.200 e. The summed E-state index contributed by atoms with van der Waals surface area (Å²) in [6, 6.07) is 13.9. The second kappa shape index (κ2) is 11.2. The maximum absolute atomic E-state index is 14.9. The number of aromatic hydroxyl groups is 1. The van der Waals surface area contributed by atoms with E-state index in [9.17, 15) is 23.4 Å². The minimum atomic E-state index is -0.988. The summed E-state index contributed by atoms with van der Waals surface area (Å²) in [7, 11) is 0. The molecular weight excluding hydrogens is 453 g/mol. The number of aliphatic hydroxyl groups excluding tert-OH is 1. The van der Waals surface area contributed by atoms with Crippen molar-refractivity contribution in [3.8, 4) is 22.6 Å². The van der Waals surface area contributed by atoms with Gasteiger partial charge in [0.05, 0.1) is 6.10 Å². The Balaban J connectivity index is 1.38. The van der Waals surface area contributed by atoms with Crippen LogP contribution in [0.25, 0.3) is 11.1 Å². The van der Waals surface area contributed by atoms with Gasteiger partial charge in [0.1, 0.15) is 18.2 Å². The highest BCUT2D eigenvalue weighted by molar-refractivity contribution is 5.65. The number of rotatable bonds is 8. The minimum Gasteiger partial charge on any atom is -0.508 e. The van der Waals surface area contributed by atoms with Crippen molar-refractivity contribution in [1.29, 1.82) is 0 Å². The van der Waals surface area contributed by atoms with Crippen molar-refractivity contribution in [1.82, 2.24) is 0 Å². The van der Waals surface area contributed by atoms with E-state index in [1.54, 1.807) is 30.3 Å². The summed E-state index contributed by atoms with van der Waals surface area (Å²) in [6.45, 7) is 2.08. The van der Waals surface area contributed by atoms with Gasteiger partial charge in [0.25, 0.3) is 0 Å². The molecule has 35 heavy (non-hydrogen) atoms. The van der Waals surface area contributed by atoms with Crippen LogP contribution in [0.5, 0.6) is 11.5 Å². The maximum atomic E-state index is 14.9. The lowest BCUT2D eigenvalue weighted by molar-refractivity contribution is 0.0727. The normalized spacial score (nSPS) is 18.9. The molecule has 0 aromatic heterocycles. The minimum absolute atomic E-state index is 0.0362. The van der Waals surface area contributed by atoms with Crippen molar-refractivity contribution >= 4 is 0 Å². The molecule has 3 aromatic rings. The fraction of sp³-hybridized carbons (Fsp3) is 0.379. The second-order valence-corrected chi connectivity index (χ2v) is 9.40. The summed E-state index contributed by atoms with van der Waals surface area (Å²) < 4.78 is 49.3. The van der Waals surface area contributed by atoms with Gasteiger partial charge in [-0.25, -0.2) is 8.78 Å². The Hall–Kier alpha value is -2.99. The van der Waals surface area contributed by atoms with E-state index in [1.807, 2.05) is 6.92 Å². The summed E-state index contributed by atoms with van der Waals surface area (Å²) in [5.41, 5.74) is 2.08. The molecule has 1 fully saturated rings. The van der Waals surface area contributed by atoms with Gasteiger partial charge in [0.2, 0.25) is 5.82 Å². The zero-order valence-corrected chi connectivity index (χ0v) is 19.8. The highest BCUT2D eigenvalue weighted by atomic mass is 19.2. The fourth-order valence-electron chi connectivity index (χ4n) is 5.00. The highest BCUT2D eigenvalue weighted by Crippen LogP contribution is 2.40. The fourth-order valence-corrected chi connectivity index (χ4v) is 5.00. The van der Waals surface area contributed by atoms with E-state index in [0.29, 0.717) is 16.7 Å². The Morgan fingerprint density at radius 3 is 2.29 bits per heavy atom. The third-order valence-electron chi connectivity index (χ3n) is 7.03. The van der Waals surface area contributed by atoms with Crippen molar-refractivity contribution in [2.24, 2.45) is 5.92 Å². The van der Waals surface area contributed by atoms with E-state index < -0.39 is 17.5 Å². The first-order valence-corrected chi connectivity index (χ1v) is 12.2. The molecule has 3 nitrogen and oxygen atoms in total. The van der Waals surface area contributed by atoms with Crippen molar-refractivity contribution < 1.29 is 28.1 Å². The molecule has 2 N–H and O–H groups in total. The number of phenolic OH excluding ortho intramolecular Hbond substituents is 1. The van der Waals surface area contributed by atoms with Crippen LogP contribution in [0.1, 0.15) is 62.5 Å². The second-order valence-electron chi connectivity index (χ2n) is 9.40. The van der Waals surface area contributed by atoms with E-state index in [1.165, 1.54) is 18.2 Å². The van der Waals surface area contributed by atoms with E-state index in [-0.39, 0.29) is 36.0 Å². The number of hydrogen-bond acceptors (Lipinski definition) is 3. The monoisotopic (exact) mass is 484 g/mol. The highest BCUT2D eigenvalue weighted by Gasteiger charge is 2.29. The van der Waals surface area contributed by atoms with Crippen LogP contribution in [0.3, 0.4) is 0 Å². The van der Waals surface area contributed by atoms with Crippen LogP contribution in [0, 0.1) is 23.4 Å². The van der Waals surface area contributed by atoms with Gasteiger partial charge >= 0.3 is 0 Å². The molecule has 0 spiro atoms. The summed E-state index contributed by atoms with van der Waals surface area (Å²) in [5.74, 6) is -2.49. The molecule has 3 aromatic carbocycles. The van der Waals surface area contributed by atoms with Crippen molar-refractivity contribution in [2.45, 2.75) is 64.1 Å². The molecule has 4 rings (SSSR count). The number of aliphatic hydroxyl groups is 1. The molecule has 0 saturated heterocycles. The molecule has 1 saturated carbocycles. The zero-order chi connectivity index (χ0) is 24.9. The van der Waals surface area contributed by atoms with Gasteiger partial charge in [-0.05, 0) is 78.8 Å². The number of hydrogen-bond donors (Lipinski definition) is 2. The quantitative estimate of drug-likeness (QED) is 0.348. The molecule has 0 amide bonds. The Labute approximate surface area is 204 Å². The predicted octanol–water partition coefficient (Wildman–Crippen LogP) is 7.49. The summed E-state index contributed by atoms with van der Waals surface area (Å²) in [5, 5.41) is 19.6. The molecular formula is C29H31F3O3. The Kier molecular flexibility index (Phi) is 8.01. The van der Waals surface area contributed by atoms with Crippen molar-refractivity contribution in [3.63, 3.8) is 0 Å². The zero-order valence-electron chi connectivity index (χ0n) is 19.8. The van der Waals surface area contributed by atoms with E-state index >= 15 is 0 Å². The average Bonchev–Trinajstić information content (AvgIpc) is 2.86. The molecule has 0 radical (unpaired) electrons. The van der Waals surface area contributed by atoms with Crippen LogP contribution >= 0.6 is 0 Å². The third-order valence-corrected chi connectivity index (χ3v) is 7.03. The molecule has 1 unspecified atom stereocenters. The van der Waals surface area contributed by atoms with Crippen molar-refractivity contribution in [2.75, 3.05) is 0 Å². The third kappa shape index (κ3) is 5.81. The van der Waals surface area contributed by atoms with Gasteiger partial charge in [-0.3, -0.25) is 0 Å². The van der Waals surface area contributed by atoms with E-state index in [4.69, 9.17) is 4.74 Å². The Morgan fingerprint density at radius 2 is 1.63 bits per heavy atom. The van der Waals surface area contributed by atoms with Crippen LogP contribution in [0.2, 0.25) is 0 Å². The Bertz CT molecular complexity index is 1140. The van der Waals surface area contributed by atoms with Gasteiger partial charge in [0.15, 0.2) is 11.6 Å². The van der Waals surface area contributed by atoms with Crippen LogP contribution in [0.15, 0.2) is 54.6 Å². The average molecular weight is 485 g/mol. The molecule has 1 atom stereocenters. The van der Waals surface area contributed by atoms with Crippen LogP contribution in [0.4, 0.5) is 13.2 Å². The summed E-state index contributed by atoms with van der Waals surface area (Å²) in [6.07, 6.45) is 4.49. The summed E-state index contributed by atoms with van der Waals surface area (Å²) >= 11 is 0. The van der Waals surface area contributed by atoms with E-state index in [0.717, 1.165) is 50.2 Å². The first-order valence-electron chi connectivity index (χ1n) is 12.2. The standard InChI is InChI=1S/C29H31F3O3/c1-2-3-26(34)21-10-8-20(9-11-21)24-14-15-27(29(32)28(24)31)35-17-18-4-6-19(7-5-18)23-13-12-22(33)16-25(23)30/h4-7,12-16,20-21,26,33-34H,2-3,8-11,17H2,1H3. The predicted molar refractivity (Wildman–Crippen MR) is 130 cm³/mol. The first-order chi connectivity index (χ1) is 16.9. The van der Waals surface area contributed by atoms with Gasteiger partial charge < -0.3 is 14.9 Å². The largest absolute Gasteiger partial charge is 0.508 e. The van der Waals surface area contributed by atoms with Gasteiger partial charge in [-0.15, -0.1) is 0 Å². The molecule has 1 aliphatic rings. The lowest BCUT2D eigenvalue weighted by Gasteiger charge is -2.32. The number of halogens is 3. The lowest BCUT2D eigenvalue weighted by Crippen LogP contribution is -2.25. The number of phenols is 1. The molecule has 6 heteroatoms. The molecule has 0 heterocycles. The van der Waals surface area contributed by atoms with Crippen LogP contribution < -0.4 is 4.74 Å². The van der Waals surface area contributed by atoms with Crippen LogP contribution in [-0.4, -0.2) is 16.3 Å². The summed E-state index contributed by atoms with van der Waals surface area (Å²) in [4.78, 5) is 0. The van der Waals surface area contributed by atoms with E-state index in [2.05, 4.69) is 0 Å². The molecule has 186 valence electrons. The molecule has 0 bridgehead atoms.